The topological polar surface area (TPSA) is 92.2 Å². The van der Waals surface area contributed by atoms with Crippen LogP contribution in [0.3, 0.4) is 0 Å². The molecule has 0 fully saturated rings. The molecular weight excluding hydrogens is 405 g/mol. The van der Waals surface area contributed by atoms with E-state index in [0.29, 0.717) is 22.3 Å². The van der Waals surface area contributed by atoms with Gasteiger partial charge in [-0.25, -0.2) is 4.42 Å². The van der Waals surface area contributed by atoms with E-state index in [-0.39, 0.29) is 23.0 Å². The summed E-state index contributed by atoms with van der Waals surface area (Å²) in [5, 5.41) is 38.4. The molecule has 0 saturated carbocycles. The van der Waals surface area contributed by atoms with Crippen LogP contribution < -0.4 is 0 Å². The van der Waals surface area contributed by atoms with E-state index >= 15 is 0 Å². The van der Waals surface area contributed by atoms with Gasteiger partial charge in [-0.15, -0.1) is 0 Å². The maximum Gasteiger partial charge on any atom is 0.368 e. The number of aromatic hydroxyl groups is 4. The molecule has 0 saturated heterocycles. The van der Waals surface area contributed by atoms with Crippen LogP contribution in [0.1, 0.15) is 0 Å². The number of phenols is 4. The van der Waals surface area contributed by atoms with Crippen LogP contribution in [0.2, 0.25) is 0 Å². The first-order valence-electron chi connectivity index (χ1n) is 6.87. The van der Waals surface area contributed by atoms with E-state index < -0.39 is 7.81 Å². The van der Waals surface area contributed by atoms with Crippen molar-refractivity contribution in [3.8, 4) is 34.3 Å². The Labute approximate surface area is 146 Å². The molecule has 0 radical (unpaired) electrons. The summed E-state index contributed by atoms with van der Waals surface area (Å²) in [6, 6.07) is 10.2. The van der Waals surface area contributed by atoms with Crippen LogP contribution in [0.5, 0.6) is 23.0 Å². The van der Waals surface area contributed by atoms with Crippen LogP contribution in [0.25, 0.3) is 22.3 Å². The molecular formula is C15H11F6O5P. The number of rotatable bonds is 1. The zero-order valence-electron chi connectivity index (χ0n) is 13.0. The van der Waals surface area contributed by atoms with Crippen LogP contribution in [-0.2, 0) is 0 Å². The van der Waals surface area contributed by atoms with Crippen molar-refractivity contribution >= 4 is 18.8 Å². The van der Waals surface area contributed by atoms with Crippen LogP contribution in [0.4, 0.5) is 25.2 Å². The molecule has 1 heterocycles. The second kappa shape index (κ2) is 5.78. The van der Waals surface area contributed by atoms with Gasteiger partial charge >= 0.3 is 44.3 Å². The maximum absolute atomic E-state index is 10.7. The third-order valence-corrected chi connectivity index (χ3v) is 2.99. The van der Waals surface area contributed by atoms with Gasteiger partial charge in [0, 0.05) is 18.2 Å². The van der Waals surface area contributed by atoms with Crippen molar-refractivity contribution in [3.05, 3.63) is 42.5 Å². The van der Waals surface area contributed by atoms with Gasteiger partial charge in [0.2, 0.25) is 0 Å². The monoisotopic (exact) mass is 416 g/mol. The number of halogens is 6. The van der Waals surface area contributed by atoms with E-state index in [4.69, 9.17) is 4.42 Å². The van der Waals surface area contributed by atoms with Gasteiger partial charge in [0.05, 0.1) is 11.6 Å². The number of hydrogen-bond donors (Lipinski definition) is 4. The average Bonchev–Trinajstić information content (AvgIpc) is 2.46. The summed E-state index contributed by atoms with van der Waals surface area (Å²) < 4.78 is 64.8. The SMILES string of the molecule is F[P-](F)(F)(F)(F)F.Oc1cc(O)c2ccc(-c3ccc(O)c(O)c3)[o+]c2c1. The molecule has 3 rings (SSSR count). The van der Waals surface area contributed by atoms with Gasteiger partial charge < -0.3 is 20.4 Å². The van der Waals surface area contributed by atoms with E-state index in [2.05, 4.69) is 0 Å². The second-order valence-electron chi connectivity index (χ2n) is 5.34. The zero-order valence-corrected chi connectivity index (χ0v) is 13.8. The van der Waals surface area contributed by atoms with Crippen molar-refractivity contribution in [2.75, 3.05) is 0 Å². The Hall–Kier alpha value is -2.94. The van der Waals surface area contributed by atoms with Gasteiger partial charge in [0.25, 0.3) is 0 Å². The first-order valence-corrected chi connectivity index (χ1v) is 8.90. The molecule has 148 valence electrons. The molecule has 0 bridgehead atoms. The number of fused-ring (bicyclic) bond motifs is 1. The minimum Gasteiger partial charge on any atom is -0.507 e. The minimum absolute atomic E-state index is 0.0798. The molecule has 0 amide bonds. The van der Waals surface area contributed by atoms with E-state index in [1.54, 1.807) is 18.2 Å². The smallest absolute Gasteiger partial charge is 0.368 e. The first kappa shape index (κ1) is 20.4. The molecule has 27 heavy (non-hydrogen) atoms. The van der Waals surface area contributed by atoms with Crippen molar-refractivity contribution in [3.63, 3.8) is 0 Å². The van der Waals surface area contributed by atoms with Gasteiger partial charge in [0.1, 0.15) is 16.9 Å². The molecule has 0 aliphatic carbocycles. The Bertz CT molecular complexity index is 1010. The third kappa shape index (κ3) is 6.70. The number of benzene rings is 2. The molecule has 3 aromatic rings. The summed E-state index contributed by atoms with van der Waals surface area (Å²) in [6.45, 7) is 0. The Kier molecular flexibility index (Phi) is 4.36. The molecule has 0 spiro atoms. The Morgan fingerprint density at radius 3 is 1.81 bits per heavy atom. The molecule has 0 atom stereocenters. The summed E-state index contributed by atoms with van der Waals surface area (Å²) in [5.41, 5.74) is 0.873. The predicted octanol–water partition coefficient (Wildman–Crippen LogP) is 6.59. The molecule has 2 aromatic carbocycles. The fourth-order valence-electron chi connectivity index (χ4n) is 1.99. The quantitative estimate of drug-likeness (QED) is 0.156. The van der Waals surface area contributed by atoms with Gasteiger partial charge in [0.15, 0.2) is 11.5 Å². The average molecular weight is 416 g/mol. The van der Waals surface area contributed by atoms with Crippen molar-refractivity contribution in [2.24, 2.45) is 0 Å². The van der Waals surface area contributed by atoms with Crippen LogP contribution in [0, 0.1) is 0 Å². The molecule has 0 aliphatic rings. The molecule has 0 aliphatic heterocycles. The third-order valence-electron chi connectivity index (χ3n) is 2.99. The summed E-state index contributed by atoms with van der Waals surface area (Å²) in [6.07, 6.45) is 0. The maximum atomic E-state index is 9.87. The molecule has 12 heteroatoms. The Morgan fingerprint density at radius 2 is 1.26 bits per heavy atom. The number of hydrogen-bond acceptors (Lipinski definition) is 4. The fourth-order valence-corrected chi connectivity index (χ4v) is 1.99. The molecule has 1 aromatic heterocycles. The van der Waals surface area contributed by atoms with Crippen molar-refractivity contribution < 1.29 is 50.0 Å². The standard InChI is InChI=1S/C15H10O5.F6P/c16-9-6-12(18)10-2-4-14(20-15(10)7-9)8-1-3-11(17)13(19)5-8;1-7(2,3,4,5)6/h1-7H,(H3-,16,17,18,19);/q;-1/p+1. The van der Waals surface area contributed by atoms with E-state index in [9.17, 15) is 45.6 Å². The molecule has 0 unspecified atom stereocenters. The van der Waals surface area contributed by atoms with Crippen molar-refractivity contribution in [1.29, 1.82) is 0 Å². The number of phenolic OH excluding ortho intramolecular Hbond substituents is 4. The van der Waals surface area contributed by atoms with Crippen LogP contribution in [-0.4, -0.2) is 20.4 Å². The van der Waals surface area contributed by atoms with Crippen molar-refractivity contribution in [1.82, 2.24) is 0 Å². The van der Waals surface area contributed by atoms with Crippen LogP contribution in [0.15, 0.2) is 46.9 Å². The summed E-state index contributed by atoms with van der Waals surface area (Å²) >= 11 is 0. The molecule has 5 nitrogen and oxygen atoms in total. The Balaban J connectivity index is 0.000000321. The van der Waals surface area contributed by atoms with Gasteiger partial charge in [-0.2, -0.15) is 0 Å². The summed E-state index contributed by atoms with van der Waals surface area (Å²) in [4.78, 5) is 0. The van der Waals surface area contributed by atoms with Crippen LogP contribution >= 0.6 is 7.81 Å². The fraction of sp³-hybridized carbons (Fsp3) is 0. The first-order chi connectivity index (χ1) is 12.0. The van der Waals surface area contributed by atoms with Gasteiger partial charge in [-0.1, -0.05) is 0 Å². The largest absolute Gasteiger partial charge is 0.507 e. The second-order valence-corrected chi connectivity index (χ2v) is 7.25. The van der Waals surface area contributed by atoms with E-state index in [0.717, 1.165) is 0 Å². The van der Waals surface area contributed by atoms with Gasteiger partial charge in [-0.3, -0.25) is 0 Å². The minimum atomic E-state index is -10.7. The normalized spacial score (nSPS) is 14.0. The van der Waals surface area contributed by atoms with E-state index in [1.165, 1.54) is 24.3 Å². The summed E-state index contributed by atoms with van der Waals surface area (Å²) in [5.74, 6) is -0.229. The zero-order chi connectivity index (χ0) is 20.7. The summed E-state index contributed by atoms with van der Waals surface area (Å²) in [7, 11) is -10.7. The Morgan fingerprint density at radius 1 is 0.667 bits per heavy atom. The van der Waals surface area contributed by atoms with Crippen molar-refractivity contribution in [2.45, 2.75) is 0 Å². The van der Waals surface area contributed by atoms with E-state index in [1.807, 2.05) is 0 Å². The van der Waals surface area contributed by atoms with Gasteiger partial charge in [-0.05, 0) is 18.2 Å². The molecule has 4 N–H and O–H groups in total. The predicted molar refractivity (Wildman–Crippen MR) is 86.3 cm³/mol.